The molecule has 3 aromatic rings. The minimum atomic E-state index is -0.156. The number of nitrogens with one attached hydrogen (secondary N) is 1. The lowest BCUT2D eigenvalue weighted by Crippen LogP contribution is -2.14. The molecule has 7 heteroatoms. The Morgan fingerprint density at radius 2 is 2.29 bits per heavy atom. The van der Waals surface area contributed by atoms with Gasteiger partial charge in [0.1, 0.15) is 16.3 Å². The zero-order chi connectivity index (χ0) is 14.8. The maximum Gasteiger partial charge on any atom is 0.230 e. The number of aryl methyl sites for hydroxylation is 1. The fourth-order valence-electron chi connectivity index (χ4n) is 2.01. The number of benzene rings is 1. The maximum absolute atomic E-state index is 12.0. The van der Waals surface area contributed by atoms with Crippen LogP contribution in [0.1, 0.15) is 10.6 Å². The fraction of sp³-hybridized carbons (Fsp3) is 0.214. The van der Waals surface area contributed by atoms with Crippen molar-refractivity contribution >= 4 is 33.3 Å². The Balaban J connectivity index is 1.79. The zero-order valence-electron chi connectivity index (χ0n) is 11.5. The van der Waals surface area contributed by atoms with Crippen LogP contribution in [0.4, 0.5) is 5.13 Å². The highest BCUT2D eigenvalue weighted by molar-refractivity contribution is 7.15. The predicted octanol–water partition coefficient (Wildman–Crippen LogP) is 2.78. The highest BCUT2D eigenvalue weighted by Gasteiger charge is 2.13. The first-order valence-corrected chi connectivity index (χ1v) is 7.11. The van der Waals surface area contributed by atoms with E-state index in [-0.39, 0.29) is 12.3 Å². The lowest BCUT2D eigenvalue weighted by molar-refractivity contribution is -0.115. The van der Waals surface area contributed by atoms with E-state index in [1.807, 2.05) is 25.1 Å². The van der Waals surface area contributed by atoms with E-state index in [1.54, 1.807) is 13.4 Å². The summed E-state index contributed by atoms with van der Waals surface area (Å²) in [7, 11) is 1.60. The van der Waals surface area contributed by atoms with E-state index >= 15 is 0 Å². The Hall–Kier alpha value is -2.41. The van der Waals surface area contributed by atoms with Crippen LogP contribution in [0.15, 0.2) is 28.9 Å². The molecule has 0 unspecified atom stereocenters. The molecule has 2 aromatic heterocycles. The molecule has 0 aliphatic heterocycles. The van der Waals surface area contributed by atoms with E-state index in [4.69, 9.17) is 9.15 Å². The summed E-state index contributed by atoms with van der Waals surface area (Å²) in [5.41, 5.74) is 1.54. The molecular weight excluding hydrogens is 290 g/mol. The van der Waals surface area contributed by atoms with Gasteiger partial charge in [-0.3, -0.25) is 4.79 Å². The highest BCUT2D eigenvalue weighted by atomic mass is 32.1. The van der Waals surface area contributed by atoms with Gasteiger partial charge >= 0.3 is 0 Å². The van der Waals surface area contributed by atoms with Crippen LogP contribution in [0.3, 0.4) is 0 Å². The number of carbonyl (C=O) groups excluding carboxylic acids is 1. The average Bonchev–Trinajstić information content (AvgIpc) is 3.05. The largest absolute Gasteiger partial charge is 0.497 e. The second kappa shape index (κ2) is 5.53. The SMILES string of the molecule is COc1ccc2occ(CC(=O)Nc3nnc(C)s3)c2c1. The van der Waals surface area contributed by atoms with Gasteiger partial charge in [0.25, 0.3) is 0 Å². The molecule has 0 saturated carbocycles. The average molecular weight is 303 g/mol. The summed E-state index contributed by atoms with van der Waals surface area (Å²) in [6.45, 7) is 1.84. The van der Waals surface area contributed by atoms with Gasteiger partial charge in [0.05, 0.1) is 19.8 Å². The first-order chi connectivity index (χ1) is 10.2. The highest BCUT2D eigenvalue weighted by Crippen LogP contribution is 2.26. The first kappa shape index (κ1) is 13.6. The molecule has 1 N–H and O–H groups in total. The molecule has 21 heavy (non-hydrogen) atoms. The Morgan fingerprint density at radius 3 is 3.00 bits per heavy atom. The summed E-state index contributed by atoms with van der Waals surface area (Å²) in [5.74, 6) is 0.571. The monoisotopic (exact) mass is 303 g/mol. The molecule has 0 spiro atoms. The zero-order valence-corrected chi connectivity index (χ0v) is 12.4. The summed E-state index contributed by atoms with van der Waals surface area (Å²) in [6.07, 6.45) is 1.80. The summed E-state index contributed by atoms with van der Waals surface area (Å²) < 4.78 is 10.6. The van der Waals surface area contributed by atoms with E-state index < -0.39 is 0 Å². The normalized spacial score (nSPS) is 10.8. The number of rotatable bonds is 4. The number of aromatic nitrogens is 2. The van der Waals surface area contributed by atoms with Crippen molar-refractivity contribution in [3.63, 3.8) is 0 Å². The summed E-state index contributed by atoms with van der Waals surface area (Å²) >= 11 is 1.34. The smallest absolute Gasteiger partial charge is 0.230 e. The second-order valence-electron chi connectivity index (χ2n) is 4.47. The van der Waals surface area contributed by atoms with Gasteiger partial charge in [-0.2, -0.15) is 0 Å². The van der Waals surface area contributed by atoms with Crippen LogP contribution in [0.2, 0.25) is 0 Å². The number of methoxy groups -OCH3 is 1. The van der Waals surface area contributed by atoms with Crippen LogP contribution in [0, 0.1) is 6.92 Å². The number of nitrogens with zero attached hydrogens (tertiary/aromatic N) is 2. The quantitative estimate of drug-likeness (QED) is 0.802. The van der Waals surface area contributed by atoms with Gasteiger partial charge in [-0.25, -0.2) is 0 Å². The van der Waals surface area contributed by atoms with Gasteiger partial charge in [-0.15, -0.1) is 10.2 Å². The molecule has 0 saturated heterocycles. The Bertz CT molecular complexity index is 794. The predicted molar refractivity (Wildman–Crippen MR) is 79.7 cm³/mol. The molecule has 0 atom stereocenters. The van der Waals surface area contributed by atoms with Crippen LogP contribution in [-0.4, -0.2) is 23.2 Å². The second-order valence-corrected chi connectivity index (χ2v) is 5.66. The van der Waals surface area contributed by atoms with Gasteiger partial charge in [-0.05, 0) is 25.1 Å². The Kier molecular flexibility index (Phi) is 3.57. The molecule has 0 aliphatic carbocycles. The lowest BCUT2D eigenvalue weighted by Gasteiger charge is -2.01. The summed E-state index contributed by atoms with van der Waals surface area (Å²) in [4.78, 5) is 12.0. The topological polar surface area (TPSA) is 77.2 Å². The minimum Gasteiger partial charge on any atom is -0.497 e. The van der Waals surface area contributed by atoms with Crippen molar-refractivity contribution in [3.8, 4) is 5.75 Å². The van der Waals surface area contributed by atoms with Gasteiger partial charge in [0.2, 0.25) is 11.0 Å². The number of amides is 1. The van der Waals surface area contributed by atoms with E-state index in [2.05, 4.69) is 15.5 Å². The molecule has 0 fully saturated rings. The lowest BCUT2D eigenvalue weighted by atomic mass is 10.1. The van der Waals surface area contributed by atoms with Gasteiger partial charge < -0.3 is 14.5 Å². The number of carbonyl (C=O) groups is 1. The molecule has 2 heterocycles. The van der Waals surface area contributed by atoms with Gasteiger partial charge in [0.15, 0.2) is 0 Å². The van der Waals surface area contributed by atoms with Crippen molar-refractivity contribution in [2.45, 2.75) is 13.3 Å². The molecule has 1 aromatic carbocycles. The molecule has 0 radical (unpaired) electrons. The molecule has 0 bridgehead atoms. The fourth-order valence-corrected chi connectivity index (χ4v) is 2.62. The molecule has 1 amide bonds. The Labute approximate surface area is 124 Å². The van der Waals surface area contributed by atoms with Crippen LogP contribution in [0.25, 0.3) is 11.0 Å². The molecule has 108 valence electrons. The minimum absolute atomic E-state index is 0.156. The third kappa shape index (κ3) is 2.87. The van der Waals surface area contributed by atoms with Gasteiger partial charge in [0, 0.05) is 10.9 Å². The number of hydrogen-bond acceptors (Lipinski definition) is 6. The van der Waals surface area contributed by atoms with E-state index in [1.165, 1.54) is 11.3 Å². The van der Waals surface area contributed by atoms with E-state index in [9.17, 15) is 4.79 Å². The number of fused-ring (bicyclic) bond motifs is 1. The van der Waals surface area contributed by atoms with E-state index in [0.717, 1.165) is 27.3 Å². The van der Waals surface area contributed by atoms with Crippen molar-refractivity contribution in [1.82, 2.24) is 10.2 Å². The third-order valence-electron chi connectivity index (χ3n) is 2.98. The Morgan fingerprint density at radius 1 is 1.43 bits per heavy atom. The van der Waals surface area contributed by atoms with Crippen molar-refractivity contribution < 1.29 is 13.9 Å². The van der Waals surface area contributed by atoms with Crippen LogP contribution < -0.4 is 10.1 Å². The third-order valence-corrected chi connectivity index (χ3v) is 3.74. The van der Waals surface area contributed by atoms with Crippen molar-refractivity contribution in [2.75, 3.05) is 12.4 Å². The van der Waals surface area contributed by atoms with Crippen molar-refractivity contribution in [2.24, 2.45) is 0 Å². The van der Waals surface area contributed by atoms with Crippen molar-refractivity contribution in [1.29, 1.82) is 0 Å². The number of ether oxygens (including phenoxy) is 1. The van der Waals surface area contributed by atoms with Crippen LogP contribution in [-0.2, 0) is 11.2 Å². The van der Waals surface area contributed by atoms with E-state index in [0.29, 0.717) is 5.13 Å². The number of anilines is 1. The summed E-state index contributed by atoms with van der Waals surface area (Å²) in [5, 5.41) is 12.6. The molecule has 6 nitrogen and oxygen atoms in total. The first-order valence-electron chi connectivity index (χ1n) is 6.30. The number of furan rings is 1. The van der Waals surface area contributed by atoms with Crippen LogP contribution in [0.5, 0.6) is 5.75 Å². The van der Waals surface area contributed by atoms with Gasteiger partial charge in [-0.1, -0.05) is 11.3 Å². The molecule has 3 rings (SSSR count). The standard InChI is InChI=1S/C14H13N3O3S/c1-8-16-17-14(21-8)15-13(18)5-9-7-20-12-4-3-10(19-2)6-11(9)12/h3-4,6-7H,5H2,1-2H3,(H,15,17,18). The molecule has 0 aliphatic rings. The molecular formula is C14H13N3O3S. The van der Waals surface area contributed by atoms with Crippen LogP contribution >= 0.6 is 11.3 Å². The number of hydrogen-bond donors (Lipinski definition) is 1. The van der Waals surface area contributed by atoms with Crippen molar-refractivity contribution in [3.05, 3.63) is 35.0 Å². The summed E-state index contributed by atoms with van der Waals surface area (Å²) in [6, 6.07) is 5.50. The maximum atomic E-state index is 12.0.